The molecule has 2 aromatic heterocycles. The van der Waals surface area contributed by atoms with Gasteiger partial charge < -0.3 is 20.1 Å². The predicted octanol–water partition coefficient (Wildman–Crippen LogP) is 1.52. The van der Waals surface area contributed by atoms with Crippen molar-refractivity contribution >= 4 is 22.7 Å². The number of aryl methyl sites for hydroxylation is 1. The summed E-state index contributed by atoms with van der Waals surface area (Å²) < 4.78 is 7.71. The van der Waals surface area contributed by atoms with E-state index in [0.717, 1.165) is 23.3 Å². The lowest BCUT2D eigenvalue weighted by Crippen LogP contribution is -2.29. The first kappa shape index (κ1) is 16.6. The maximum atomic E-state index is 10.4. The van der Waals surface area contributed by atoms with Crippen molar-refractivity contribution in [3.63, 3.8) is 0 Å². The van der Waals surface area contributed by atoms with Crippen molar-refractivity contribution in [1.82, 2.24) is 19.7 Å². The quantitative estimate of drug-likeness (QED) is 0.718. The Balaban J connectivity index is 1.56. The van der Waals surface area contributed by atoms with E-state index in [1.807, 2.05) is 49.3 Å². The van der Waals surface area contributed by atoms with Crippen LogP contribution < -0.4 is 15.0 Å². The maximum Gasteiger partial charge on any atom is 0.228 e. The summed E-state index contributed by atoms with van der Waals surface area (Å²) in [6.07, 6.45) is 2.54. The third-order valence-electron chi connectivity index (χ3n) is 4.57. The van der Waals surface area contributed by atoms with Crippen molar-refractivity contribution in [2.75, 3.05) is 30.4 Å². The fourth-order valence-electron chi connectivity index (χ4n) is 3.19. The van der Waals surface area contributed by atoms with Crippen LogP contribution >= 0.6 is 0 Å². The molecule has 2 atom stereocenters. The van der Waals surface area contributed by atoms with Crippen LogP contribution in [-0.2, 0) is 6.54 Å². The van der Waals surface area contributed by atoms with Gasteiger partial charge in [-0.25, -0.2) is 4.98 Å². The van der Waals surface area contributed by atoms with E-state index in [9.17, 15) is 5.11 Å². The number of hydrogen-bond acceptors (Lipinski definition) is 7. The van der Waals surface area contributed by atoms with Crippen molar-refractivity contribution in [3.8, 4) is 5.75 Å². The van der Waals surface area contributed by atoms with Gasteiger partial charge in [-0.2, -0.15) is 10.1 Å². The number of β-amino-alcohol motifs (C(OH)–C–C–N with tert-alkyl or cyclic N) is 1. The van der Waals surface area contributed by atoms with Gasteiger partial charge in [0.2, 0.25) is 5.95 Å². The molecule has 0 radical (unpaired) electrons. The van der Waals surface area contributed by atoms with Crippen LogP contribution in [0.15, 0.2) is 36.7 Å². The monoisotopic (exact) mass is 354 g/mol. The van der Waals surface area contributed by atoms with Gasteiger partial charge in [0.1, 0.15) is 18.0 Å². The molecule has 0 aliphatic carbocycles. The van der Waals surface area contributed by atoms with E-state index in [2.05, 4.69) is 20.4 Å². The van der Waals surface area contributed by atoms with Crippen molar-refractivity contribution in [2.45, 2.75) is 25.7 Å². The minimum Gasteiger partial charge on any atom is -0.482 e. The number of aromatic nitrogens is 4. The van der Waals surface area contributed by atoms with Crippen molar-refractivity contribution < 1.29 is 9.84 Å². The van der Waals surface area contributed by atoms with E-state index in [1.54, 1.807) is 10.9 Å². The van der Waals surface area contributed by atoms with E-state index in [-0.39, 0.29) is 6.10 Å². The van der Waals surface area contributed by atoms with Gasteiger partial charge in [-0.1, -0.05) is 12.1 Å². The van der Waals surface area contributed by atoms with Crippen LogP contribution in [0.5, 0.6) is 5.75 Å². The number of benzene rings is 1. The number of nitrogens with zero attached hydrogens (tertiary/aromatic N) is 5. The highest BCUT2D eigenvalue weighted by molar-refractivity contribution is 5.90. The Bertz CT molecular complexity index is 912. The molecular weight excluding hydrogens is 332 g/mol. The highest BCUT2D eigenvalue weighted by Crippen LogP contribution is 2.26. The molecule has 0 saturated carbocycles. The fourth-order valence-corrected chi connectivity index (χ4v) is 3.19. The third-order valence-corrected chi connectivity index (χ3v) is 4.57. The summed E-state index contributed by atoms with van der Waals surface area (Å²) in [6.45, 7) is 3.73. The standard InChI is InChI=1S/C18H22N6O2/c1-3-24-9-12(8-20-24)26-16-11-23(10-15(16)25)18-21-14-7-5-4-6-13(14)17(19-2)22-18/h4-9,15-16,25H,3,10-11H2,1-2H3,(H,19,21,22)/t15-,16-/m1/s1. The van der Waals surface area contributed by atoms with Gasteiger partial charge in [-0.05, 0) is 19.1 Å². The zero-order chi connectivity index (χ0) is 18.1. The molecule has 0 amide bonds. The van der Waals surface area contributed by atoms with Crippen molar-refractivity contribution in [1.29, 1.82) is 0 Å². The van der Waals surface area contributed by atoms with Crippen LogP contribution in [0.1, 0.15) is 6.92 Å². The normalized spacial score (nSPS) is 19.9. The first-order valence-corrected chi connectivity index (χ1v) is 8.74. The largest absolute Gasteiger partial charge is 0.482 e. The molecule has 0 spiro atoms. The van der Waals surface area contributed by atoms with Gasteiger partial charge in [0, 0.05) is 19.0 Å². The Morgan fingerprint density at radius 3 is 2.88 bits per heavy atom. The highest BCUT2D eigenvalue weighted by Gasteiger charge is 2.35. The van der Waals surface area contributed by atoms with Crippen LogP contribution in [0.25, 0.3) is 10.9 Å². The van der Waals surface area contributed by atoms with Crippen molar-refractivity contribution in [2.24, 2.45) is 0 Å². The number of fused-ring (bicyclic) bond motifs is 1. The fraction of sp³-hybridized carbons (Fsp3) is 0.389. The lowest BCUT2D eigenvalue weighted by atomic mass is 10.2. The number of aliphatic hydroxyl groups is 1. The molecule has 1 aliphatic heterocycles. The molecule has 1 saturated heterocycles. The van der Waals surface area contributed by atoms with E-state index >= 15 is 0 Å². The van der Waals surface area contributed by atoms with Gasteiger partial charge >= 0.3 is 0 Å². The van der Waals surface area contributed by atoms with Crippen LogP contribution in [0, 0.1) is 0 Å². The molecule has 136 valence electrons. The number of ether oxygens (including phenoxy) is 1. The SMILES string of the molecule is CCn1cc(O[C@@H]2CN(c3nc(NC)c4ccccc4n3)C[C@H]2O)cn1. The van der Waals surface area contributed by atoms with Crippen molar-refractivity contribution in [3.05, 3.63) is 36.7 Å². The third kappa shape index (κ3) is 3.03. The Kier molecular flexibility index (Phi) is 4.34. The molecule has 8 nitrogen and oxygen atoms in total. The minimum absolute atomic E-state index is 0.349. The zero-order valence-corrected chi connectivity index (χ0v) is 14.8. The van der Waals surface area contributed by atoms with E-state index in [4.69, 9.17) is 4.74 Å². The molecule has 3 aromatic rings. The summed E-state index contributed by atoms with van der Waals surface area (Å²) in [5, 5.41) is 18.7. The Hall–Kier alpha value is -2.87. The summed E-state index contributed by atoms with van der Waals surface area (Å²) in [6, 6.07) is 7.86. The number of aliphatic hydroxyl groups excluding tert-OH is 1. The Morgan fingerprint density at radius 1 is 1.27 bits per heavy atom. The molecule has 8 heteroatoms. The lowest BCUT2D eigenvalue weighted by Gasteiger charge is -2.18. The highest BCUT2D eigenvalue weighted by atomic mass is 16.5. The summed E-state index contributed by atoms with van der Waals surface area (Å²) in [5.41, 5.74) is 0.866. The number of nitrogens with one attached hydrogen (secondary N) is 1. The summed E-state index contributed by atoms with van der Waals surface area (Å²) in [7, 11) is 1.84. The minimum atomic E-state index is -0.618. The Morgan fingerprint density at radius 2 is 2.12 bits per heavy atom. The van der Waals surface area contributed by atoms with Crippen LogP contribution in [0.2, 0.25) is 0 Å². The zero-order valence-electron chi connectivity index (χ0n) is 14.8. The lowest BCUT2D eigenvalue weighted by molar-refractivity contribution is 0.0737. The maximum absolute atomic E-state index is 10.4. The van der Waals surface area contributed by atoms with Gasteiger partial charge in [0.05, 0.1) is 31.0 Å². The molecule has 1 aromatic carbocycles. The van der Waals surface area contributed by atoms with Gasteiger partial charge in [-0.15, -0.1) is 0 Å². The molecule has 2 N–H and O–H groups in total. The molecule has 4 rings (SSSR count). The van der Waals surface area contributed by atoms with Crippen LogP contribution in [0.3, 0.4) is 0 Å². The molecular formula is C18H22N6O2. The van der Waals surface area contributed by atoms with Gasteiger partial charge in [0.25, 0.3) is 0 Å². The molecule has 0 unspecified atom stereocenters. The smallest absolute Gasteiger partial charge is 0.228 e. The summed E-state index contributed by atoms with van der Waals surface area (Å²) in [5.74, 6) is 2.02. The average molecular weight is 354 g/mol. The van der Waals surface area contributed by atoms with E-state index < -0.39 is 6.10 Å². The molecule has 0 bridgehead atoms. The molecule has 3 heterocycles. The predicted molar refractivity (Wildman–Crippen MR) is 99.6 cm³/mol. The number of rotatable bonds is 5. The number of para-hydroxylation sites is 1. The first-order chi connectivity index (χ1) is 12.7. The summed E-state index contributed by atoms with van der Waals surface area (Å²) >= 11 is 0. The first-order valence-electron chi connectivity index (χ1n) is 8.74. The van der Waals surface area contributed by atoms with Crippen LogP contribution in [0.4, 0.5) is 11.8 Å². The second kappa shape index (κ2) is 6.80. The average Bonchev–Trinajstić information content (AvgIpc) is 3.27. The molecule has 1 fully saturated rings. The topological polar surface area (TPSA) is 88.3 Å². The van der Waals surface area contributed by atoms with Gasteiger partial charge in [-0.3, -0.25) is 4.68 Å². The van der Waals surface area contributed by atoms with Crippen LogP contribution in [-0.4, -0.2) is 57.2 Å². The second-order valence-corrected chi connectivity index (χ2v) is 6.30. The number of anilines is 2. The molecule has 26 heavy (non-hydrogen) atoms. The summed E-state index contributed by atoms with van der Waals surface area (Å²) in [4.78, 5) is 11.2. The Labute approximate surface area is 151 Å². The van der Waals surface area contributed by atoms with E-state index in [1.165, 1.54) is 0 Å². The van der Waals surface area contributed by atoms with Gasteiger partial charge in [0.15, 0.2) is 5.75 Å². The second-order valence-electron chi connectivity index (χ2n) is 6.30. The van der Waals surface area contributed by atoms with E-state index in [0.29, 0.717) is 24.8 Å². The number of hydrogen-bond donors (Lipinski definition) is 2. The molecule has 1 aliphatic rings.